The minimum atomic E-state index is -2.90. The third-order valence-electron chi connectivity index (χ3n) is 3.24. The van der Waals surface area contributed by atoms with E-state index in [1.807, 2.05) is 18.2 Å². The molecule has 0 radical (unpaired) electrons. The molecule has 0 spiro atoms. The summed E-state index contributed by atoms with van der Waals surface area (Å²) < 4.78 is 28.1. The molecule has 0 aliphatic carbocycles. The fraction of sp³-hybridized carbons (Fsp3) is 0.294. The molecule has 0 aliphatic rings. The Morgan fingerprint density at radius 2 is 1.76 bits per heavy atom. The normalized spacial score (nSPS) is 11.4. The van der Waals surface area contributed by atoms with E-state index in [0.717, 1.165) is 18.4 Å². The van der Waals surface area contributed by atoms with Crippen molar-refractivity contribution in [3.05, 3.63) is 65.7 Å². The zero-order valence-corrected chi connectivity index (χ0v) is 12.4. The van der Waals surface area contributed by atoms with Crippen LogP contribution in [0.3, 0.4) is 0 Å². The lowest BCUT2D eigenvalue weighted by atomic mass is 10.1. The van der Waals surface area contributed by atoms with Crippen molar-refractivity contribution in [1.82, 2.24) is 0 Å². The van der Waals surface area contributed by atoms with Crippen LogP contribution in [-0.4, -0.2) is 12.4 Å². The molecule has 0 aliphatic heterocycles. The van der Waals surface area contributed by atoms with Gasteiger partial charge in [0, 0.05) is 17.1 Å². The van der Waals surface area contributed by atoms with Gasteiger partial charge in [-0.05, 0) is 30.5 Å². The molecule has 21 heavy (non-hydrogen) atoms. The standard InChI is InChI=1S/C17H18ClF2N/c18-11-5-7-14-6-4-10-16(12-14)21-13-17(19,20)15-8-2-1-3-9-15/h1-4,6,8-10,12,21H,5,7,11,13H2. The molecule has 0 unspecified atom stereocenters. The van der Waals surface area contributed by atoms with E-state index in [2.05, 4.69) is 5.32 Å². The van der Waals surface area contributed by atoms with Gasteiger partial charge >= 0.3 is 0 Å². The molecule has 0 heterocycles. The molecule has 112 valence electrons. The number of hydrogen-bond acceptors (Lipinski definition) is 1. The number of nitrogens with one attached hydrogen (secondary N) is 1. The number of hydrogen-bond donors (Lipinski definition) is 1. The highest BCUT2D eigenvalue weighted by Crippen LogP contribution is 2.28. The van der Waals surface area contributed by atoms with Gasteiger partial charge in [0.1, 0.15) is 0 Å². The summed E-state index contributed by atoms with van der Waals surface area (Å²) in [6.45, 7) is -0.421. The van der Waals surface area contributed by atoms with Gasteiger partial charge in [0.05, 0.1) is 6.54 Å². The number of halogens is 3. The van der Waals surface area contributed by atoms with E-state index in [1.165, 1.54) is 12.1 Å². The van der Waals surface area contributed by atoms with Crippen LogP contribution in [0.1, 0.15) is 17.5 Å². The van der Waals surface area contributed by atoms with E-state index in [1.54, 1.807) is 24.3 Å². The van der Waals surface area contributed by atoms with Gasteiger partial charge < -0.3 is 5.32 Å². The van der Waals surface area contributed by atoms with Gasteiger partial charge in [-0.3, -0.25) is 0 Å². The van der Waals surface area contributed by atoms with Gasteiger partial charge in [0.15, 0.2) is 0 Å². The summed E-state index contributed by atoms with van der Waals surface area (Å²) in [6, 6.07) is 15.4. The SMILES string of the molecule is FC(F)(CNc1cccc(CCCCl)c1)c1ccccc1. The van der Waals surface area contributed by atoms with Crippen molar-refractivity contribution in [3.63, 3.8) is 0 Å². The number of benzene rings is 2. The van der Waals surface area contributed by atoms with E-state index >= 15 is 0 Å². The average Bonchev–Trinajstić information content (AvgIpc) is 2.52. The molecule has 2 rings (SSSR count). The van der Waals surface area contributed by atoms with E-state index in [9.17, 15) is 8.78 Å². The van der Waals surface area contributed by atoms with Crippen molar-refractivity contribution >= 4 is 17.3 Å². The first kappa shape index (κ1) is 15.8. The Labute approximate surface area is 128 Å². The third kappa shape index (κ3) is 4.71. The zero-order chi connectivity index (χ0) is 15.1. The molecule has 1 N–H and O–H groups in total. The predicted octanol–water partition coefficient (Wildman–Crippen LogP) is 5.06. The fourth-order valence-corrected chi connectivity index (χ4v) is 2.24. The Balaban J connectivity index is 1.99. The van der Waals surface area contributed by atoms with Gasteiger partial charge in [0.25, 0.3) is 5.92 Å². The highest BCUT2D eigenvalue weighted by atomic mass is 35.5. The summed E-state index contributed by atoms with van der Waals surface area (Å²) in [5, 5.41) is 2.82. The molecule has 1 nitrogen and oxygen atoms in total. The lowest BCUT2D eigenvalue weighted by Gasteiger charge is -2.18. The molecule has 4 heteroatoms. The Kier molecular flexibility index (Phi) is 5.57. The second-order valence-corrected chi connectivity index (χ2v) is 5.29. The van der Waals surface area contributed by atoms with Crippen LogP contribution in [0.15, 0.2) is 54.6 Å². The van der Waals surface area contributed by atoms with Crippen LogP contribution in [0.5, 0.6) is 0 Å². The fourth-order valence-electron chi connectivity index (χ4n) is 2.10. The van der Waals surface area contributed by atoms with Crippen LogP contribution in [0, 0.1) is 0 Å². The van der Waals surface area contributed by atoms with Crippen molar-refractivity contribution in [3.8, 4) is 0 Å². The predicted molar refractivity (Wildman–Crippen MR) is 84.3 cm³/mol. The summed E-state index contributed by atoms with van der Waals surface area (Å²) in [5.41, 5.74) is 1.83. The van der Waals surface area contributed by atoms with Gasteiger partial charge in [-0.25, -0.2) is 0 Å². The van der Waals surface area contributed by atoms with Gasteiger partial charge in [-0.1, -0.05) is 42.5 Å². The maximum absolute atomic E-state index is 14.1. The van der Waals surface area contributed by atoms with Crippen molar-refractivity contribution in [1.29, 1.82) is 0 Å². The lowest BCUT2D eigenvalue weighted by Crippen LogP contribution is -2.24. The zero-order valence-electron chi connectivity index (χ0n) is 11.7. The van der Waals surface area contributed by atoms with E-state index < -0.39 is 12.5 Å². The molecule has 0 saturated carbocycles. The number of alkyl halides is 3. The van der Waals surface area contributed by atoms with Crippen LogP contribution >= 0.6 is 11.6 Å². The van der Waals surface area contributed by atoms with Crippen LogP contribution < -0.4 is 5.32 Å². The van der Waals surface area contributed by atoms with Crippen molar-refractivity contribution in [2.75, 3.05) is 17.7 Å². The second-order valence-electron chi connectivity index (χ2n) is 4.92. The second kappa shape index (κ2) is 7.41. The van der Waals surface area contributed by atoms with Crippen molar-refractivity contribution < 1.29 is 8.78 Å². The van der Waals surface area contributed by atoms with Crippen LogP contribution in [0.25, 0.3) is 0 Å². The summed E-state index contributed by atoms with van der Waals surface area (Å²) in [5.74, 6) is -2.29. The monoisotopic (exact) mass is 309 g/mol. The van der Waals surface area contributed by atoms with Gasteiger partial charge in [-0.15, -0.1) is 11.6 Å². The average molecular weight is 310 g/mol. The number of aryl methyl sites for hydroxylation is 1. The molecule has 2 aromatic rings. The molecule has 0 fully saturated rings. The lowest BCUT2D eigenvalue weighted by molar-refractivity contribution is 0.0106. The van der Waals surface area contributed by atoms with Crippen molar-refractivity contribution in [2.24, 2.45) is 0 Å². The highest BCUT2D eigenvalue weighted by molar-refractivity contribution is 6.17. The topological polar surface area (TPSA) is 12.0 Å². The summed E-state index contributed by atoms with van der Waals surface area (Å²) >= 11 is 5.67. The molecule has 0 aromatic heterocycles. The summed E-state index contributed by atoms with van der Waals surface area (Å²) in [6.07, 6.45) is 1.74. The molecular weight excluding hydrogens is 292 g/mol. The van der Waals surface area contributed by atoms with E-state index in [0.29, 0.717) is 11.6 Å². The molecule has 2 aromatic carbocycles. The van der Waals surface area contributed by atoms with Gasteiger partial charge in [-0.2, -0.15) is 8.78 Å². The molecule has 0 amide bonds. The Hall–Kier alpha value is -1.61. The molecule has 0 atom stereocenters. The van der Waals surface area contributed by atoms with Crippen LogP contribution in [0.4, 0.5) is 14.5 Å². The third-order valence-corrected chi connectivity index (χ3v) is 3.50. The van der Waals surface area contributed by atoms with Crippen LogP contribution in [-0.2, 0) is 12.3 Å². The van der Waals surface area contributed by atoms with Crippen LogP contribution in [0.2, 0.25) is 0 Å². The maximum Gasteiger partial charge on any atom is 0.290 e. The quantitative estimate of drug-likeness (QED) is 0.705. The largest absolute Gasteiger partial charge is 0.379 e. The smallest absolute Gasteiger partial charge is 0.290 e. The minimum absolute atomic E-state index is 0.0239. The number of anilines is 1. The van der Waals surface area contributed by atoms with Crippen molar-refractivity contribution in [2.45, 2.75) is 18.8 Å². The Morgan fingerprint density at radius 1 is 1.00 bits per heavy atom. The Bertz CT molecular complexity index is 558. The first-order valence-electron chi connectivity index (χ1n) is 6.94. The first-order chi connectivity index (χ1) is 10.1. The van der Waals surface area contributed by atoms with Gasteiger partial charge in [0.2, 0.25) is 0 Å². The van der Waals surface area contributed by atoms with E-state index in [-0.39, 0.29) is 5.56 Å². The van der Waals surface area contributed by atoms with E-state index in [4.69, 9.17) is 11.6 Å². The minimum Gasteiger partial charge on any atom is -0.379 e. The summed E-state index contributed by atoms with van der Waals surface area (Å²) in [7, 11) is 0. The first-order valence-corrected chi connectivity index (χ1v) is 7.47. The summed E-state index contributed by atoms with van der Waals surface area (Å²) in [4.78, 5) is 0. The highest BCUT2D eigenvalue weighted by Gasteiger charge is 2.30. The maximum atomic E-state index is 14.1. The molecular formula is C17H18ClF2N. The Morgan fingerprint density at radius 3 is 2.48 bits per heavy atom. The molecule has 0 bridgehead atoms. The number of rotatable bonds is 7. The molecule has 0 saturated heterocycles.